The van der Waals surface area contributed by atoms with Gasteiger partial charge in [-0.1, -0.05) is 6.07 Å². The molecule has 1 aromatic carbocycles. The van der Waals surface area contributed by atoms with E-state index in [9.17, 15) is 4.79 Å². The van der Waals surface area contributed by atoms with E-state index in [4.69, 9.17) is 10.5 Å². The predicted molar refractivity (Wildman–Crippen MR) is 78.4 cm³/mol. The molecule has 1 aromatic rings. The van der Waals surface area contributed by atoms with Crippen LogP contribution < -0.4 is 11.1 Å². The summed E-state index contributed by atoms with van der Waals surface area (Å²) >= 11 is 2.19. The van der Waals surface area contributed by atoms with Crippen LogP contribution in [0.25, 0.3) is 0 Å². The van der Waals surface area contributed by atoms with Crippen molar-refractivity contribution >= 4 is 28.5 Å². The predicted octanol–water partition coefficient (Wildman–Crippen LogP) is 1.53. The monoisotopic (exact) mass is 360 g/mol. The molecule has 0 spiro atoms. The van der Waals surface area contributed by atoms with E-state index in [1.165, 1.54) is 0 Å². The summed E-state index contributed by atoms with van der Waals surface area (Å²) in [7, 11) is 0. The van der Waals surface area contributed by atoms with Crippen molar-refractivity contribution in [3.05, 3.63) is 33.4 Å². The van der Waals surface area contributed by atoms with Crippen LogP contribution in [0.3, 0.4) is 0 Å². The van der Waals surface area contributed by atoms with Crippen LogP contribution in [0.15, 0.2) is 24.3 Å². The molecule has 1 aliphatic carbocycles. The highest BCUT2D eigenvalue weighted by atomic mass is 127. The van der Waals surface area contributed by atoms with E-state index in [0.717, 1.165) is 9.99 Å². The fraction of sp³-hybridized carbons (Fsp3) is 0.462. The number of ether oxygens (including phenoxy) is 1. The Morgan fingerprint density at radius 2 is 2.39 bits per heavy atom. The highest BCUT2D eigenvalue weighted by molar-refractivity contribution is 14.1. The third-order valence-electron chi connectivity index (χ3n) is 3.13. The molecule has 1 amide bonds. The lowest BCUT2D eigenvalue weighted by Gasteiger charge is -2.42. The lowest BCUT2D eigenvalue weighted by atomic mass is 9.83. The van der Waals surface area contributed by atoms with Gasteiger partial charge in [-0.15, -0.1) is 0 Å². The molecule has 0 radical (unpaired) electrons. The van der Waals surface area contributed by atoms with Crippen molar-refractivity contribution < 1.29 is 9.53 Å². The normalized spacial score (nSPS) is 26.5. The zero-order valence-electron chi connectivity index (χ0n) is 10.2. The minimum atomic E-state index is -0.0848. The summed E-state index contributed by atoms with van der Waals surface area (Å²) in [4.78, 5) is 12.1. The number of halogens is 1. The van der Waals surface area contributed by atoms with Gasteiger partial charge in [0.05, 0.1) is 12.1 Å². The Hall–Kier alpha value is -0.660. The summed E-state index contributed by atoms with van der Waals surface area (Å²) in [5, 5.41) is 2.95. The number of nitrogens with one attached hydrogen (secondary N) is 1. The Labute approximate surface area is 120 Å². The van der Waals surface area contributed by atoms with Crippen LogP contribution in [0, 0.1) is 3.57 Å². The summed E-state index contributed by atoms with van der Waals surface area (Å²) in [5.74, 6) is -0.0848. The van der Waals surface area contributed by atoms with Crippen molar-refractivity contribution in [2.24, 2.45) is 5.73 Å². The van der Waals surface area contributed by atoms with Crippen LogP contribution in [0.5, 0.6) is 0 Å². The van der Waals surface area contributed by atoms with Gasteiger partial charge in [-0.25, -0.2) is 0 Å². The van der Waals surface area contributed by atoms with Crippen molar-refractivity contribution in [1.29, 1.82) is 0 Å². The van der Waals surface area contributed by atoms with Crippen LogP contribution in [0.1, 0.15) is 23.7 Å². The molecule has 5 heteroatoms. The maximum Gasteiger partial charge on any atom is 0.251 e. The summed E-state index contributed by atoms with van der Waals surface area (Å²) in [6.45, 7) is 2.59. The molecule has 3 unspecified atom stereocenters. The van der Waals surface area contributed by atoms with E-state index in [1.54, 1.807) is 6.07 Å². The average molecular weight is 360 g/mol. The number of carbonyl (C=O) groups excluding carboxylic acids is 1. The van der Waals surface area contributed by atoms with Crippen LogP contribution in [0.4, 0.5) is 0 Å². The van der Waals surface area contributed by atoms with Gasteiger partial charge < -0.3 is 15.8 Å². The molecule has 3 N–H and O–H groups in total. The number of carbonyl (C=O) groups is 1. The van der Waals surface area contributed by atoms with Gasteiger partial charge in [-0.2, -0.15) is 0 Å². The van der Waals surface area contributed by atoms with Gasteiger partial charge in [-0.05, 0) is 54.1 Å². The van der Waals surface area contributed by atoms with Gasteiger partial charge in [0.25, 0.3) is 5.91 Å². The van der Waals surface area contributed by atoms with Crippen molar-refractivity contribution in [3.8, 4) is 0 Å². The van der Waals surface area contributed by atoms with Gasteiger partial charge in [0.1, 0.15) is 0 Å². The standard InChI is InChI=1S/C13H17IN2O2/c1-2-18-11-7-10(15)12(11)16-13(17)8-4-3-5-9(14)6-8/h3-6,10-12H,2,7,15H2,1H3,(H,16,17). The van der Waals surface area contributed by atoms with Gasteiger partial charge in [-0.3, -0.25) is 4.79 Å². The van der Waals surface area contributed by atoms with E-state index in [-0.39, 0.29) is 24.1 Å². The van der Waals surface area contributed by atoms with Crippen molar-refractivity contribution in [2.75, 3.05) is 6.61 Å². The maximum atomic E-state index is 12.1. The molecule has 2 rings (SSSR count). The van der Waals surface area contributed by atoms with E-state index < -0.39 is 0 Å². The zero-order valence-corrected chi connectivity index (χ0v) is 12.4. The molecular formula is C13H17IN2O2. The summed E-state index contributed by atoms with van der Waals surface area (Å²) in [6, 6.07) is 7.41. The molecule has 18 heavy (non-hydrogen) atoms. The van der Waals surface area contributed by atoms with Crippen molar-refractivity contribution in [3.63, 3.8) is 0 Å². The first-order valence-corrected chi connectivity index (χ1v) is 7.13. The topological polar surface area (TPSA) is 64.3 Å². The fourth-order valence-corrected chi connectivity index (χ4v) is 2.63. The minimum Gasteiger partial charge on any atom is -0.376 e. The zero-order chi connectivity index (χ0) is 13.1. The second-order valence-electron chi connectivity index (χ2n) is 4.40. The maximum absolute atomic E-state index is 12.1. The quantitative estimate of drug-likeness (QED) is 0.801. The third-order valence-corrected chi connectivity index (χ3v) is 3.80. The highest BCUT2D eigenvalue weighted by Gasteiger charge is 2.40. The largest absolute Gasteiger partial charge is 0.376 e. The highest BCUT2D eigenvalue weighted by Crippen LogP contribution is 2.23. The number of hydrogen-bond donors (Lipinski definition) is 2. The molecule has 0 bridgehead atoms. The molecule has 98 valence electrons. The summed E-state index contributed by atoms with van der Waals surface area (Å²) in [5.41, 5.74) is 6.57. The van der Waals surface area contributed by atoms with E-state index in [0.29, 0.717) is 12.2 Å². The molecule has 0 aromatic heterocycles. The minimum absolute atomic E-state index is 0.00622. The average Bonchev–Trinajstić information content (AvgIpc) is 2.35. The number of hydrogen-bond acceptors (Lipinski definition) is 3. The molecule has 3 atom stereocenters. The smallest absolute Gasteiger partial charge is 0.251 e. The lowest BCUT2D eigenvalue weighted by Crippen LogP contribution is -2.64. The van der Waals surface area contributed by atoms with Gasteiger partial charge in [0.2, 0.25) is 0 Å². The fourth-order valence-electron chi connectivity index (χ4n) is 2.09. The van der Waals surface area contributed by atoms with Crippen LogP contribution in [-0.2, 0) is 4.74 Å². The Kier molecular flexibility index (Phi) is 4.58. The molecule has 1 saturated carbocycles. The Morgan fingerprint density at radius 3 is 3.00 bits per heavy atom. The lowest BCUT2D eigenvalue weighted by molar-refractivity contribution is -0.0300. The molecule has 0 heterocycles. The van der Waals surface area contributed by atoms with E-state index in [2.05, 4.69) is 27.9 Å². The SMILES string of the molecule is CCOC1CC(N)C1NC(=O)c1cccc(I)c1. The number of rotatable bonds is 4. The Morgan fingerprint density at radius 1 is 1.61 bits per heavy atom. The summed E-state index contributed by atoms with van der Waals surface area (Å²) in [6.07, 6.45) is 0.863. The first kappa shape index (κ1) is 13.8. The Balaban J connectivity index is 1.98. The second kappa shape index (κ2) is 5.99. The van der Waals surface area contributed by atoms with Gasteiger partial charge in [0.15, 0.2) is 0 Å². The van der Waals surface area contributed by atoms with Gasteiger partial charge in [0, 0.05) is 21.8 Å². The number of benzene rings is 1. The van der Waals surface area contributed by atoms with E-state index >= 15 is 0 Å². The second-order valence-corrected chi connectivity index (χ2v) is 5.65. The Bertz CT molecular complexity index is 437. The van der Waals surface area contributed by atoms with Crippen molar-refractivity contribution in [1.82, 2.24) is 5.32 Å². The molecule has 4 nitrogen and oxygen atoms in total. The molecule has 0 saturated heterocycles. The molecule has 0 aliphatic heterocycles. The van der Waals surface area contributed by atoms with Crippen LogP contribution in [-0.4, -0.2) is 30.7 Å². The molecular weight excluding hydrogens is 343 g/mol. The first-order chi connectivity index (χ1) is 8.61. The first-order valence-electron chi connectivity index (χ1n) is 6.05. The van der Waals surface area contributed by atoms with E-state index in [1.807, 2.05) is 25.1 Å². The van der Waals surface area contributed by atoms with Crippen LogP contribution in [0.2, 0.25) is 0 Å². The molecule has 1 aliphatic rings. The molecule has 1 fully saturated rings. The van der Waals surface area contributed by atoms with Crippen molar-refractivity contribution in [2.45, 2.75) is 31.5 Å². The third kappa shape index (κ3) is 3.02. The van der Waals surface area contributed by atoms with Gasteiger partial charge >= 0.3 is 0 Å². The number of nitrogens with two attached hydrogens (primary N) is 1. The van der Waals surface area contributed by atoms with Crippen LogP contribution >= 0.6 is 22.6 Å². The number of amides is 1. The summed E-state index contributed by atoms with van der Waals surface area (Å²) < 4.78 is 6.57.